The van der Waals surface area contributed by atoms with E-state index in [0.29, 0.717) is 11.3 Å². The Balaban J connectivity index is 1.78. The maximum absolute atomic E-state index is 12.7. The van der Waals surface area contributed by atoms with Crippen LogP contribution >= 0.6 is 0 Å². The van der Waals surface area contributed by atoms with Crippen molar-refractivity contribution < 1.29 is 9.21 Å². The lowest BCUT2D eigenvalue weighted by Crippen LogP contribution is -2.34. The number of hydrogen-bond acceptors (Lipinski definition) is 3. The highest BCUT2D eigenvalue weighted by molar-refractivity contribution is 5.96. The second kappa shape index (κ2) is 6.53. The normalized spacial score (nSPS) is 17.6. The van der Waals surface area contributed by atoms with Gasteiger partial charge in [0, 0.05) is 12.6 Å². The number of carbonyl (C=O) groups excluding carboxylic acids is 1. The average molecular weight is 306 g/mol. The molecule has 23 heavy (non-hydrogen) atoms. The summed E-state index contributed by atoms with van der Waals surface area (Å²) >= 11 is 0. The zero-order valence-electron chi connectivity index (χ0n) is 13.0. The van der Waals surface area contributed by atoms with E-state index in [4.69, 9.17) is 9.68 Å². The van der Waals surface area contributed by atoms with Crippen molar-refractivity contribution >= 4 is 12.0 Å². The maximum atomic E-state index is 12.7. The fourth-order valence-electron chi connectivity index (χ4n) is 2.94. The van der Waals surface area contributed by atoms with Crippen molar-refractivity contribution in [2.24, 2.45) is 0 Å². The Kier molecular flexibility index (Phi) is 4.29. The minimum absolute atomic E-state index is 0.0621. The third-order valence-electron chi connectivity index (χ3n) is 4.13. The van der Waals surface area contributed by atoms with Gasteiger partial charge in [0.1, 0.15) is 11.8 Å². The lowest BCUT2D eigenvalue weighted by Gasteiger charge is -2.22. The zero-order chi connectivity index (χ0) is 16.2. The van der Waals surface area contributed by atoms with Crippen LogP contribution in [0.1, 0.15) is 40.3 Å². The minimum Gasteiger partial charge on any atom is -0.450 e. The summed E-state index contributed by atoms with van der Waals surface area (Å²) in [7, 11) is 0. The maximum Gasteiger partial charge on any atom is 0.257 e. The van der Waals surface area contributed by atoms with Crippen molar-refractivity contribution in [3.8, 4) is 6.07 Å². The highest BCUT2D eigenvalue weighted by Crippen LogP contribution is 2.24. The van der Waals surface area contributed by atoms with E-state index in [1.807, 2.05) is 41.3 Å². The number of furan rings is 1. The minimum atomic E-state index is -0.0621. The summed E-state index contributed by atoms with van der Waals surface area (Å²) in [6.45, 7) is 2.45. The number of nitrogens with zero attached hydrogens (tertiary/aromatic N) is 2. The number of aryl methyl sites for hydroxylation is 1. The predicted octanol–water partition coefficient (Wildman–Crippen LogP) is 3.78. The van der Waals surface area contributed by atoms with Crippen molar-refractivity contribution in [1.82, 2.24) is 4.90 Å². The van der Waals surface area contributed by atoms with Gasteiger partial charge in [-0.2, -0.15) is 5.26 Å². The summed E-state index contributed by atoms with van der Waals surface area (Å²) in [5.74, 6) is 0.624. The summed E-state index contributed by atoms with van der Waals surface area (Å²) in [6.07, 6.45) is 6.08. The molecule has 2 heterocycles. The number of likely N-dealkylation sites (tertiary alicyclic amines) is 1. The van der Waals surface area contributed by atoms with Gasteiger partial charge in [0.25, 0.3) is 5.91 Å². The van der Waals surface area contributed by atoms with Gasteiger partial charge in [0.15, 0.2) is 0 Å². The molecule has 0 unspecified atom stereocenters. The molecule has 3 rings (SSSR count). The van der Waals surface area contributed by atoms with Gasteiger partial charge < -0.3 is 9.32 Å². The Labute approximate surface area is 135 Å². The molecule has 0 saturated carbocycles. The standard InChI is InChI=1S/C19H18N2O2/c1-14-18(12-17(13-20)23-14)19(22)21-11-5-8-16(21)10-9-15-6-3-2-4-7-15/h2-4,6-7,9-10,12,16H,5,8,11H2,1H3/b10-9+/t16-/m0/s1. The summed E-state index contributed by atoms with van der Waals surface area (Å²) in [4.78, 5) is 14.6. The molecule has 0 aliphatic carbocycles. The summed E-state index contributed by atoms with van der Waals surface area (Å²) in [5.41, 5.74) is 1.61. The van der Waals surface area contributed by atoms with E-state index in [1.54, 1.807) is 6.92 Å². The molecule has 1 aliphatic rings. The Morgan fingerprint density at radius 2 is 2.17 bits per heavy atom. The first-order valence-electron chi connectivity index (χ1n) is 7.74. The number of carbonyl (C=O) groups is 1. The Hall–Kier alpha value is -2.80. The monoisotopic (exact) mass is 306 g/mol. The van der Waals surface area contributed by atoms with E-state index in [-0.39, 0.29) is 17.7 Å². The van der Waals surface area contributed by atoms with Crippen LogP contribution in [-0.2, 0) is 0 Å². The fourth-order valence-corrected chi connectivity index (χ4v) is 2.94. The van der Waals surface area contributed by atoms with Crippen LogP contribution < -0.4 is 0 Å². The molecular formula is C19H18N2O2. The molecule has 1 aliphatic heterocycles. The first-order chi connectivity index (χ1) is 11.2. The first-order valence-corrected chi connectivity index (χ1v) is 7.74. The van der Waals surface area contributed by atoms with Gasteiger partial charge >= 0.3 is 0 Å². The van der Waals surface area contributed by atoms with Crippen LogP contribution in [0.4, 0.5) is 0 Å². The molecule has 0 N–H and O–H groups in total. The van der Waals surface area contributed by atoms with Crippen LogP contribution in [0.15, 0.2) is 46.9 Å². The molecule has 1 atom stereocenters. The summed E-state index contributed by atoms with van der Waals surface area (Å²) in [6, 6.07) is 13.6. The van der Waals surface area contributed by atoms with Gasteiger partial charge in [-0.05, 0) is 25.3 Å². The number of benzene rings is 1. The van der Waals surface area contributed by atoms with Crippen LogP contribution in [0, 0.1) is 18.3 Å². The zero-order valence-corrected chi connectivity index (χ0v) is 13.0. The van der Waals surface area contributed by atoms with E-state index < -0.39 is 0 Å². The molecule has 4 heteroatoms. The van der Waals surface area contributed by atoms with Gasteiger partial charge in [-0.1, -0.05) is 42.5 Å². The third kappa shape index (κ3) is 3.19. The summed E-state index contributed by atoms with van der Waals surface area (Å²) < 4.78 is 5.28. The van der Waals surface area contributed by atoms with Crippen LogP contribution in [0.5, 0.6) is 0 Å². The smallest absolute Gasteiger partial charge is 0.257 e. The van der Waals surface area contributed by atoms with E-state index in [9.17, 15) is 4.79 Å². The number of nitriles is 1. The predicted molar refractivity (Wildman–Crippen MR) is 87.7 cm³/mol. The van der Waals surface area contributed by atoms with Crippen molar-refractivity contribution in [2.45, 2.75) is 25.8 Å². The van der Waals surface area contributed by atoms with Crippen molar-refractivity contribution in [3.05, 3.63) is 65.1 Å². The molecule has 1 amide bonds. The van der Waals surface area contributed by atoms with E-state index in [0.717, 1.165) is 24.9 Å². The van der Waals surface area contributed by atoms with E-state index in [2.05, 4.69) is 12.2 Å². The SMILES string of the molecule is Cc1oc(C#N)cc1C(=O)N1CCC[C@H]1/C=C/c1ccccc1. The van der Waals surface area contributed by atoms with Gasteiger partial charge in [-0.25, -0.2) is 0 Å². The first kappa shape index (κ1) is 15.1. The molecule has 4 nitrogen and oxygen atoms in total. The summed E-state index contributed by atoms with van der Waals surface area (Å²) in [5, 5.41) is 8.90. The third-order valence-corrected chi connectivity index (χ3v) is 4.13. The Bertz CT molecular complexity index is 768. The highest BCUT2D eigenvalue weighted by Gasteiger charge is 2.29. The van der Waals surface area contributed by atoms with Crippen molar-refractivity contribution in [3.63, 3.8) is 0 Å². The number of amides is 1. The number of hydrogen-bond donors (Lipinski definition) is 0. The molecule has 1 aromatic carbocycles. The highest BCUT2D eigenvalue weighted by atomic mass is 16.3. The molecule has 1 fully saturated rings. The molecular weight excluding hydrogens is 288 g/mol. The molecule has 1 aromatic heterocycles. The van der Waals surface area contributed by atoms with Gasteiger partial charge in [0.2, 0.25) is 5.76 Å². The average Bonchev–Trinajstić information content (AvgIpc) is 3.19. The van der Waals surface area contributed by atoms with Crippen molar-refractivity contribution in [1.29, 1.82) is 5.26 Å². The van der Waals surface area contributed by atoms with Crippen molar-refractivity contribution in [2.75, 3.05) is 6.54 Å². The molecule has 116 valence electrons. The van der Waals surface area contributed by atoms with Crippen LogP contribution in [0.25, 0.3) is 6.08 Å². The van der Waals surface area contributed by atoms with Crippen LogP contribution in [0.3, 0.4) is 0 Å². The lowest BCUT2D eigenvalue weighted by atomic mass is 10.1. The Morgan fingerprint density at radius 3 is 2.87 bits per heavy atom. The topological polar surface area (TPSA) is 57.2 Å². The molecule has 0 bridgehead atoms. The van der Waals surface area contributed by atoms with Crippen LogP contribution in [0.2, 0.25) is 0 Å². The number of rotatable bonds is 3. The molecule has 0 spiro atoms. The van der Waals surface area contributed by atoms with Gasteiger partial charge in [-0.15, -0.1) is 0 Å². The molecule has 1 saturated heterocycles. The molecule has 2 aromatic rings. The van der Waals surface area contributed by atoms with Gasteiger partial charge in [0.05, 0.1) is 11.6 Å². The molecule has 0 radical (unpaired) electrons. The lowest BCUT2D eigenvalue weighted by molar-refractivity contribution is 0.0760. The van der Waals surface area contributed by atoms with E-state index in [1.165, 1.54) is 6.07 Å². The van der Waals surface area contributed by atoms with Crippen LogP contribution in [-0.4, -0.2) is 23.4 Å². The van der Waals surface area contributed by atoms with E-state index >= 15 is 0 Å². The Morgan fingerprint density at radius 1 is 1.39 bits per heavy atom. The largest absolute Gasteiger partial charge is 0.450 e. The second-order valence-corrected chi connectivity index (χ2v) is 5.67. The van der Waals surface area contributed by atoms with Gasteiger partial charge in [-0.3, -0.25) is 4.79 Å². The fraction of sp³-hybridized carbons (Fsp3) is 0.263. The quantitative estimate of drug-likeness (QED) is 0.867. The second-order valence-electron chi connectivity index (χ2n) is 5.67.